The summed E-state index contributed by atoms with van der Waals surface area (Å²) in [5.41, 5.74) is 2.40. The SMILES string of the molecule is Cc1ccc(-n2cc(C(=O)NCCCN3CC(C)OC(C)C3)nn2)cc1. The lowest BCUT2D eigenvalue weighted by molar-refractivity contribution is -0.0679. The summed E-state index contributed by atoms with van der Waals surface area (Å²) in [4.78, 5) is 14.6. The largest absolute Gasteiger partial charge is 0.373 e. The maximum absolute atomic E-state index is 12.2. The maximum atomic E-state index is 12.2. The van der Waals surface area contributed by atoms with Crippen molar-refractivity contribution in [1.82, 2.24) is 25.2 Å². The zero-order valence-corrected chi connectivity index (χ0v) is 15.7. The summed E-state index contributed by atoms with van der Waals surface area (Å²) in [5, 5.41) is 10.9. The topological polar surface area (TPSA) is 72.3 Å². The molecule has 1 aromatic heterocycles. The van der Waals surface area contributed by atoms with Gasteiger partial charge in [-0.15, -0.1) is 5.10 Å². The van der Waals surface area contributed by atoms with Crippen molar-refractivity contribution in [3.8, 4) is 5.69 Å². The van der Waals surface area contributed by atoms with E-state index in [1.54, 1.807) is 10.9 Å². The smallest absolute Gasteiger partial charge is 0.273 e. The van der Waals surface area contributed by atoms with E-state index in [-0.39, 0.29) is 18.1 Å². The Morgan fingerprint density at radius 1 is 1.23 bits per heavy atom. The van der Waals surface area contributed by atoms with E-state index < -0.39 is 0 Å². The molecule has 0 saturated carbocycles. The van der Waals surface area contributed by atoms with Crippen LogP contribution in [0.1, 0.15) is 36.3 Å². The molecule has 7 nitrogen and oxygen atoms in total. The van der Waals surface area contributed by atoms with Gasteiger partial charge < -0.3 is 10.1 Å². The predicted molar refractivity (Wildman–Crippen MR) is 99.5 cm³/mol. The molecule has 2 atom stereocenters. The highest BCUT2D eigenvalue weighted by Gasteiger charge is 2.21. The van der Waals surface area contributed by atoms with Crippen LogP contribution >= 0.6 is 0 Å². The lowest BCUT2D eigenvalue weighted by atomic mass is 10.2. The van der Waals surface area contributed by atoms with E-state index in [1.807, 2.05) is 31.2 Å². The van der Waals surface area contributed by atoms with Gasteiger partial charge in [0.15, 0.2) is 5.69 Å². The zero-order chi connectivity index (χ0) is 18.5. The Balaban J connectivity index is 1.44. The third-order valence-corrected chi connectivity index (χ3v) is 4.46. The third-order valence-electron chi connectivity index (χ3n) is 4.46. The van der Waals surface area contributed by atoms with Crippen molar-refractivity contribution >= 4 is 5.91 Å². The molecule has 1 saturated heterocycles. The van der Waals surface area contributed by atoms with Crippen LogP contribution in [-0.2, 0) is 4.74 Å². The van der Waals surface area contributed by atoms with Gasteiger partial charge >= 0.3 is 0 Å². The summed E-state index contributed by atoms with van der Waals surface area (Å²) in [6.07, 6.45) is 3.10. The minimum Gasteiger partial charge on any atom is -0.373 e. The number of hydrogen-bond acceptors (Lipinski definition) is 5. The molecule has 2 heterocycles. The first-order valence-corrected chi connectivity index (χ1v) is 9.16. The van der Waals surface area contributed by atoms with Crippen LogP contribution in [0.2, 0.25) is 0 Å². The van der Waals surface area contributed by atoms with Crippen LogP contribution in [0.25, 0.3) is 5.69 Å². The van der Waals surface area contributed by atoms with Crippen molar-refractivity contribution in [3.05, 3.63) is 41.7 Å². The summed E-state index contributed by atoms with van der Waals surface area (Å²) in [5.74, 6) is -0.188. The molecular formula is C19H27N5O2. The van der Waals surface area contributed by atoms with Crippen LogP contribution in [0.4, 0.5) is 0 Å². The summed E-state index contributed by atoms with van der Waals surface area (Å²) >= 11 is 0. The number of carbonyl (C=O) groups excluding carboxylic acids is 1. The van der Waals surface area contributed by atoms with Gasteiger partial charge in [0.1, 0.15) is 0 Å². The molecule has 0 radical (unpaired) electrons. The van der Waals surface area contributed by atoms with Crippen LogP contribution in [0.5, 0.6) is 0 Å². The molecule has 0 aliphatic carbocycles. The van der Waals surface area contributed by atoms with Crippen LogP contribution in [-0.4, -0.2) is 64.2 Å². The van der Waals surface area contributed by atoms with E-state index in [2.05, 4.69) is 34.4 Å². The minimum absolute atomic E-state index is 0.188. The molecule has 1 N–H and O–H groups in total. The van der Waals surface area contributed by atoms with Crippen LogP contribution in [0.3, 0.4) is 0 Å². The Kier molecular flexibility index (Phi) is 6.00. The Bertz CT molecular complexity index is 718. The second-order valence-electron chi connectivity index (χ2n) is 7.01. The number of ether oxygens (including phenoxy) is 1. The number of rotatable bonds is 6. The fourth-order valence-electron chi connectivity index (χ4n) is 3.25. The van der Waals surface area contributed by atoms with Crippen molar-refractivity contribution in [2.24, 2.45) is 0 Å². The van der Waals surface area contributed by atoms with Gasteiger partial charge in [0.2, 0.25) is 0 Å². The molecule has 0 spiro atoms. The number of hydrogen-bond donors (Lipinski definition) is 1. The van der Waals surface area contributed by atoms with Crippen molar-refractivity contribution in [2.45, 2.75) is 39.4 Å². The molecular weight excluding hydrogens is 330 g/mol. The Morgan fingerprint density at radius 3 is 2.62 bits per heavy atom. The summed E-state index contributed by atoms with van der Waals surface area (Å²) in [6.45, 7) is 9.70. The number of carbonyl (C=O) groups is 1. The standard InChI is InChI=1S/C19H27N5O2/c1-14-5-7-17(8-6-14)24-13-18(21-22-24)19(25)20-9-4-10-23-11-15(2)26-16(3)12-23/h5-8,13,15-16H,4,9-12H2,1-3H3,(H,20,25). The highest BCUT2D eigenvalue weighted by atomic mass is 16.5. The number of morpholine rings is 1. The van der Waals surface area contributed by atoms with E-state index in [0.717, 1.165) is 31.7 Å². The Morgan fingerprint density at radius 2 is 1.92 bits per heavy atom. The van der Waals surface area contributed by atoms with Crippen LogP contribution in [0, 0.1) is 6.92 Å². The van der Waals surface area contributed by atoms with E-state index in [0.29, 0.717) is 12.2 Å². The first-order valence-electron chi connectivity index (χ1n) is 9.16. The number of benzene rings is 1. The van der Waals surface area contributed by atoms with Crippen molar-refractivity contribution in [2.75, 3.05) is 26.2 Å². The van der Waals surface area contributed by atoms with Gasteiger partial charge in [-0.2, -0.15) is 0 Å². The number of nitrogens with zero attached hydrogens (tertiary/aromatic N) is 4. The molecule has 140 valence electrons. The predicted octanol–water partition coefficient (Wildman–Crippen LogP) is 1.80. The van der Waals surface area contributed by atoms with Crippen molar-refractivity contribution in [1.29, 1.82) is 0 Å². The van der Waals surface area contributed by atoms with E-state index in [4.69, 9.17) is 4.74 Å². The van der Waals surface area contributed by atoms with E-state index in [9.17, 15) is 4.79 Å². The van der Waals surface area contributed by atoms with Gasteiger partial charge in [0.25, 0.3) is 5.91 Å². The fourth-order valence-corrected chi connectivity index (χ4v) is 3.25. The van der Waals surface area contributed by atoms with Crippen LogP contribution in [0.15, 0.2) is 30.5 Å². The number of aromatic nitrogens is 3. The van der Waals surface area contributed by atoms with Crippen molar-refractivity contribution in [3.63, 3.8) is 0 Å². The van der Waals surface area contributed by atoms with Gasteiger partial charge in [0, 0.05) is 26.2 Å². The maximum Gasteiger partial charge on any atom is 0.273 e. The molecule has 2 aromatic rings. The highest BCUT2D eigenvalue weighted by Crippen LogP contribution is 2.11. The molecule has 3 rings (SSSR count). The lowest BCUT2D eigenvalue weighted by Gasteiger charge is -2.35. The molecule has 7 heteroatoms. The highest BCUT2D eigenvalue weighted by molar-refractivity contribution is 5.91. The van der Waals surface area contributed by atoms with Crippen LogP contribution < -0.4 is 5.32 Å². The first-order chi connectivity index (χ1) is 12.5. The van der Waals surface area contributed by atoms with E-state index in [1.165, 1.54) is 5.56 Å². The molecule has 26 heavy (non-hydrogen) atoms. The molecule has 1 aliphatic rings. The van der Waals surface area contributed by atoms with Gasteiger partial charge in [0.05, 0.1) is 24.1 Å². The quantitative estimate of drug-likeness (QED) is 0.798. The Hall–Kier alpha value is -2.25. The number of aryl methyl sites for hydroxylation is 1. The summed E-state index contributed by atoms with van der Waals surface area (Å²) in [6, 6.07) is 7.92. The Labute approximate surface area is 154 Å². The third kappa shape index (κ3) is 4.89. The summed E-state index contributed by atoms with van der Waals surface area (Å²) < 4.78 is 7.35. The van der Waals surface area contributed by atoms with Gasteiger partial charge in [-0.25, -0.2) is 4.68 Å². The van der Waals surface area contributed by atoms with Gasteiger partial charge in [-0.05, 0) is 39.3 Å². The molecule has 1 aliphatic heterocycles. The molecule has 1 aromatic carbocycles. The molecule has 1 amide bonds. The zero-order valence-electron chi connectivity index (χ0n) is 15.7. The average Bonchev–Trinajstić information content (AvgIpc) is 3.08. The molecule has 2 unspecified atom stereocenters. The average molecular weight is 357 g/mol. The first kappa shape index (κ1) is 18.5. The second kappa shape index (κ2) is 8.42. The van der Waals surface area contributed by atoms with Gasteiger partial charge in [-0.3, -0.25) is 9.69 Å². The normalized spacial score (nSPS) is 20.9. The molecule has 0 bridgehead atoms. The van der Waals surface area contributed by atoms with E-state index >= 15 is 0 Å². The monoisotopic (exact) mass is 357 g/mol. The number of nitrogens with one attached hydrogen (secondary N) is 1. The molecule has 1 fully saturated rings. The summed E-state index contributed by atoms with van der Waals surface area (Å²) in [7, 11) is 0. The van der Waals surface area contributed by atoms with Crippen molar-refractivity contribution < 1.29 is 9.53 Å². The second-order valence-corrected chi connectivity index (χ2v) is 7.01. The lowest BCUT2D eigenvalue weighted by Crippen LogP contribution is -2.46. The fraction of sp³-hybridized carbons (Fsp3) is 0.526. The number of amides is 1. The van der Waals surface area contributed by atoms with Gasteiger partial charge in [-0.1, -0.05) is 22.9 Å². The minimum atomic E-state index is -0.188.